The van der Waals surface area contributed by atoms with E-state index < -0.39 is 0 Å². The second-order valence-corrected chi connectivity index (χ2v) is 8.31. The largest absolute Gasteiger partial charge is 0.488 e. The molecule has 0 spiro atoms. The molecule has 1 amide bonds. The molecule has 1 N–H and O–H groups in total. The zero-order valence-corrected chi connectivity index (χ0v) is 17.2. The fraction of sp³-hybridized carbons (Fsp3) is 0.565. The van der Waals surface area contributed by atoms with Gasteiger partial charge in [0, 0.05) is 24.9 Å². The van der Waals surface area contributed by atoms with Gasteiger partial charge in [-0.05, 0) is 31.4 Å². The standard InChI is InChI=1S/C23H30N2O4/c1-2-28-23(27)20-14-18(20)15-25(12-11-24-9-5-6-10-24)22(26)19-13-17-7-3-4-8-21(17)29-16-19/h3-4,7-8,13,18,20H,2,5-6,9-12,14-16H2,1H3/p+1/t18-,20+/m0/s1. The van der Waals surface area contributed by atoms with E-state index in [0.717, 1.165) is 30.8 Å². The van der Waals surface area contributed by atoms with Gasteiger partial charge in [0.1, 0.15) is 12.4 Å². The Morgan fingerprint density at radius 1 is 1.24 bits per heavy atom. The van der Waals surface area contributed by atoms with Crippen molar-refractivity contribution >= 4 is 18.0 Å². The predicted octanol–water partition coefficient (Wildman–Crippen LogP) is 1.17. The minimum Gasteiger partial charge on any atom is -0.488 e. The van der Waals surface area contributed by atoms with Gasteiger partial charge in [0.25, 0.3) is 5.91 Å². The third-order valence-corrected chi connectivity index (χ3v) is 6.21. The summed E-state index contributed by atoms with van der Waals surface area (Å²) in [6.07, 6.45) is 5.31. The zero-order valence-electron chi connectivity index (χ0n) is 17.2. The molecule has 6 nitrogen and oxygen atoms in total. The van der Waals surface area contributed by atoms with Crippen LogP contribution in [0.2, 0.25) is 0 Å². The van der Waals surface area contributed by atoms with Crippen molar-refractivity contribution in [3.8, 4) is 5.75 Å². The molecule has 29 heavy (non-hydrogen) atoms. The monoisotopic (exact) mass is 399 g/mol. The van der Waals surface area contributed by atoms with E-state index in [1.807, 2.05) is 42.2 Å². The summed E-state index contributed by atoms with van der Waals surface area (Å²) in [5.41, 5.74) is 1.64. The number of carbonyl (C=O) groups is 2. The molecule has 0 bridgehead atoms. The maximum Gasteiger partial charge on any atom is 0.309 e. The second-order valence-electron chi connectivity index (χ2n) is 8.31. The summed E-state index contributed by atoms with van der Waals surface area (Å²) < 4.78 is 11.0. The Hall–Kier alpha value is -2.34. The molecule has 1 aromatic carbocycles. The number of likely N-dealkylation sites (tertiary alicyclic amines) is 1. The molecule has 4 rings (SSSR count). The van der Waals surface area contributed by atoms with Crippen LogP contribution in [0.3, 0.4) is 0 Å². The van der Waals surface area contributed by atoms with Crippen molar-refractivity contribution in [3.63, 3.8) is 0 Å². The summed E-state index contributed by atoms with van der Waals surface area (Å²) in [6.45, 7) is 7.23. The number of hydrogen-bond donors (Lipinski definition) is 1. The first-order chi connectivity index (χ1) is 14.2. The Kier molecular flexibility index (Phi) is 6.19. The van der Waals surface area contributed by atoms with E-state index in [4.69, 9.17) is 9.47 Å². The molecule has 1 aliphatic carbocycles. The number of benzene rings is 1. The molecule has 156 valence electrons. The number of amides is 1. The van der Waals surface area contributed by atoms with E-state index in [-0.39, 0.29) is 23.7 Å². The van der Waals surface area contributed by atoms with Crippen molar-refractivity contribution in [1.29, 1.82) is 0 Å². The van der Waals surface area contributed by atoms with E-state index >= 15 is 0 Å². The Morgan fingerprint density at radius 2 is 2.03 bits per heavy atom. The van der Waals surface area contributed by atoms with Gasteiger partial charge in [-0.2, -0.15) is 0 Å². The number of nitrogens with one attached hydrogen (secondary N) is 1. The average Bonchev–Trinajstić information content (AvgIpc) is 3.32. The third-order valence-electron chi connectivity index (χ3n) is 6.21. The fourth-order valence-corrected chi connectivity index (χ4v) is 4.41. The Balaban J connectivity index is 1.43. The fourth-order valence-electron chi connectivity index (χ4n) is 4.41. The number of fused-ring (bicyclic) bond motifs is 1. The molecule has 0 radical (unpaired) electrons. The summed E-state index contributed by atoms with van der Waals surface area (Å²) in [4.78, 5) is 28.9. The molecule has 2 fully saturated rings. The first kappa shape index (κ1) is 20.0. The molecule has 0 unspecified atom stereocenters. The lowest BCUT2D eigenvalue weighted by Gasteiger charge is -2.27. The minimum atomic E-state index is -0.121. The van der Waals surface area contributed by atoms with Gasteiger partial charge in [-0.1, -0.05) is 18.2 Å². The summed E-state index contributed by atoms with van der Waals surface area (Å²) in [5, 5.41) is 0. The van der Waals surface area contributed by atoms with Crippen LogP contribution < -0.4 is 9.64 Å². The maximum absolute atomic E-state index is 13.3. The number of nitrogens with zero attached hydrogens (tertiary/aromatic N) is 1. The normalized spacial score (nSPS) is 23.0. The van der Waals surface area contributed by atoms with Crippen molar-refractivity contribution in [2.75, 3.05) is 45.9 Å². The number of esters is 1. The topological polar surface area (TPSA) is 60.3 Å². The lowest BCUT2D eigenvalue weighted by molar-refractivity contribution is -0.886. The lowest BCUT2D eigenvalue weighted by atomic mass is 10.1. The smallest absolute Gasteiger partial charge is 0.309 e. The van der Waals surface area contributed by atoms with E-state index in [0.29, 0.717) is 25.3 Å². The SMILES string of the molecule is CCOC(=O)[C@@H]1C[C@H]1CN(CC[NH+]1CCCC1)C(=O)C1=Cc2ccccc2OC1. The molecule has 1 aromatic rings. The minimum absolute atomic E-state index is 0.0348. The summed E-state index contributed by atoms with van der Waals surface area (Å²) in [5.74, 6) is 0.893. The Bertz CT molecular complexity index is 785. The predicted molar refractivity (Wildman–Crippen MR) is 110 cm³/mol. The summed E-state index contributed by atoms with van der Waals surface area (Å²) >= 11 is 0. The number of rotatable bonds is 8. The van der Waals surface area contributed by atoms with Crippen LogP contribution in [0.5, 0.6) is 5.75 Å². The van der Waals surface area contributed by atoms with Crippen LogP contribution in [0.15, 0.2) is 29.8 Å². The van der Waals surface area contributed by atoms with Gasteiger partial charge in [0.05, 0.1) is 44.3 Å². The van der Waals surface area contributed by atoms with Crippen molar-refractivity contribution in [2.24, 2.45) is 11.8 Å². The van der Waals surface area contributed by atoms with E-state index in [2.05, 4.69) is 0 Å². The van der Waals surface area contributed by atoms with Crippen molar-refractivity contribution in [1.82, 2.24) is 4.90 Å². The number of para-hydroxylation sites is 1. The average molecular weight is 400 g/mol. The molecule has 3 aliphatic rings. The van der Waals surface area contributed by atoms with Gasteiger partial charge >= 0.3 is 5.97 Å². The van der Waals surface area contributed by atoms with Crippen LogP contribution in [0, 0.1) is 11.8 Å². The number of hydrogen-bond acceptors (Lipinski definition) is 4. The molecule has 6 heteroatoms. The van der Waals surface area contributed by atoms with Gasteiger partial charge in [0.2, 0.25) is 0 Å². The lowest BCUT2D eigenvalue weighted by Crippen LogP contribution is -3.10. The van der Waals surface area contributed by atoms with Crippen molar-refractivity contribution < 1.29 is 24.0 Å². The van der Waals surface area contributed by atoms with Crippen LogP contribution in [-0.2, 0) is 14.3 Å². The van der Waals surface area contributed by atoms with Gasteiger partial charge in [-0.15, -0.1) is 0 Å². The Labute approximate surface area is 172 Å². The van der Waals surface area contributed by atoms with Crippen LogP contribution >= 0.6 is 0 Å². The first-order valence-electron chi connectivity index (χ1n) is 10.9. The van der Waals surface area contributed by atoms with E-state index in [1.165, 1.54) is 25.9 Å². The van der Waals surface area contributed by atoms with Crippen LogP contribution in [0.25, 0.3) is 6.08 Å². The van der Waals surface area contributed by atoms with Crippen LogP contribution in [-0.4, -0.2) is 62.7 Å². The molecule has 2 atom stereocenters. The quantitative estimate of drug-likeness (QED) is 0.667. The highest BCUT2D eigenvalue weighted by molar-refractivity contribution is 5.99. The molecular formula is C23H31N2O4+. The molecule has 2 heterocycles. The highest BCUT2D eigenvalue weighted by atomic mass is 16.5. The molecule has 1 saturated heterocycles. The van der Waals surface area contributed by atoms with Gasteiger partial charge < -0.3 is 19.3 Å². The number of carbonyl (C=O) groups excluding carboxylic acids is 2. The van der Waals surface area contributed by atoms with Crippen molar-refractivity contribution in [2.45, 2.75) is 26.2 Å². The van der Waals surface area contributed by atoms with Crippen molar-refractivity contribution in [3.05, 3.63) is 35.4 Å². The third kappa shape index (κ3) is 4.81. The van der Waals surface area contributed by atoms with Gasteiger partial charge in [-0.25, -0.2) is 0 Å². The van der Waals surface area contributed by atoms with Crippen LogP contribution in [0.1, 0.15) is 31.7 Å². The summed E-state index contributed by atoms with van der Waals surface area (Å²) in [7, 11) is 0. The molecule has 0 aromatic heterocycles. The van der Waals surface area contributed by atoms with Crippen LogP contribution in [0.4, 0.5) is 0 Å². The van der Waals surface area contributed by atoms with E-state index in [1.54, 1.807) is 4.90 Å². The summed E-state index contributed by atoms with van der Waals surface area (Å²) in [6, 6.07) is 7.79. The van der Waals surface area contributed by atoms with Gasteiger partial charge in [-0.3, -0.25) is 9.59 Å². The first-order valence-corrected chi connectivity index (χ1v) is 10.9. The maximum atomic E-state index is 13.3. The molecule has 2 aliphatic heterocycles. The van der Waals surface area contributed by atoms with E-state index in [9.17, 15) is 9.59 Å². The second kappa shape index (κ2) is 8.99. The highest BCUT2D eigenvalue weighted by Crippen LogP contribution is 2.40. The highest BCUT2D eigenvalue weighted by Gasteiger charge is 2.45. The number of ether oxygens (including phenoxy) is 2. The molecular weight excluding hydrogens is 368 g/mol. The van der Waals surface area contributed by atoms with Gasteiger partial charge in [0.15, 0.2) is 0 Å². The zero-order chi connectivity index (χ0) is 20.2. The molecule has 1 saturated carbocycles. The number of quaternary nitrogens is 1. The Morgan fingerprint density at radius 3 is 2.83 bits per heavy atom.